The average Bonchev–Trinajstić information content (AvgIpc) is 3.43. The molecule has 0 atom stereocenters. The van der Waals surface area contributed by atoms with Crippen LogP contribution in [0.3, 0.4) is 0 Å². The molecular weight excluding hydrogens is 441 g/mol. The van der Waals surface area contributed by atoms with Crippen LogP contribution in [0, 0.1) is 0 Å². The normalized spacial score (nSPS) is 15.9. The SMILES string of the molecule is CC(=O)N1Cc2cn3c(-c4cnc[nH]4)c(-c4nc(C(F)(F)F)n[nH]4)nc3nc2C(F)(F)C1. The van der Waals surface area contributed by atoms with Gasteiger partial charge in [-0.2, -0.15) is 22.0 Å². The van der Waals surface area contributed by atoms with E-state index in [0.29, 0.717) is 5.69 Å². The molecule has 10 nitrogen and oxygen atoms in total. The van der Waals surface area contributed by atoms with Crippen molar-refractivity contribution >= 4 is 11.7 Å². The van der Waals surface area contributed by atoms with Gasteiger partial charge in [0.05, 0.1) is 24.8 Å². The smallest absolute Gasteiger partial charge is 0.343 e. The van der Waals surface area contributed by atoms with E-state index in [9.17, 15) is 26.7 Å². The molecule has 2 N–H and O–H groups in total. The van der Waals surface area contributed by atoms with Gasteiger partial charge in [0.2, 0.25) is 11.7 Å². The Hall–Kier alpha value is -3.91. The highest BCUT2D eigenvalue weighted by atomic mass is 19.4. The van der Waals surface area contributed by atoms with Crippen LogP contribution in [0.2, 0.25) is 0 Å². The van der Waals surface area contributed by atoms with Gasteiger partial charge in [0.15, 0.2) is 5.82 Å². The van der Waals surface area contributed by atoms with Crippen molar-refractivity contribution in [3.05, 3.63) is 35.8 Å². The third-order valence-corrected chi connectivity index (χ3v) is 4.95. The van der Waals surface area contributed by atoms with Crippen molar-refractivity contribution in [2.45, 2.75) is 25.6 Å². The fourth-order valence-corrected chi connectivity index (χ4v) is 3.54. The molecule has 1 aliphatic heterocycles. The third kappa shape index (κ3) is 3.07. The predicted octanol–water partition coefficient (Wildman–Crippen LogP) is 2.38. The zero-order valence-corrected chi connectivity index (χ0v) is 16.1. The number of carbonyl (C=O) groups is 1. The summed E-state index contributed by atoms with van der Waals surface area (Å²) in [6.07, 6.45) is -0.757. The summed E-state index contributed by atoms with van der Waals surface area (Å²) in [7, 11) is 0. The first-order valence-corrected chi connectivity index (χ1v) is 9.09. The van der Waals surface area contributed by atoms with Crippen molar-refractivity contribution in [1.82, 2.24) is 44.4 Å². The number of aromatic amines is 2. The van der Waals surface area contributed by atoms with Crippen LogP contribution >= 0.6 is 0 Å². The highest BCUT2D eigenvalue weighted by molar-refractivity contribution is 5.77. The Morgan fingerprint density at radius 3 is 2.62 bits per heavy atom. The summed E-state index contributed by atoms with van der Waals surface area (Å²) >= 11 is 0. The van der Waals surface area contributed by atoms with E-state index in [2.05, 4.69) is 35.1 Å². The molecule has 5 heterocycles. The quantitative estimate of drug-likeness (QED) is 0.450. The van der Waals surface area contributed by atoms with Gasteiger partial charge in [0, 0.05) is 25.2 Å². The van der Waals surface area contributed by atoms with Crippen LogP contribution in [-0.4, -0.2) is 56.9 Å². The summed E-state index contributed by atoms with van der Waals surface area (Å²) < 4.78 is 69.7. The Morgan fingerprint density at radius 2 is 2.00 bits per heavy atom. The summed E-state index contributed by atoms with van der Waals surface area (Å²) in [5.41, 5.74) is -0.0732. The minimum absolute atomic E-state index is 0.0715. The maximum Gasteiger partial charge on any atom is 0.453 e. The van der Waals surface area contributed by atoms with E-state index in [1.807, 2.05) is 0 Å². The van der Waals surface area contributed by atoms with E-state index in [-0.39, 0.29) is 35.1 Å². The number of imidazole rings is 2. The summed E-state index contributed by atoms with van der Waals surface area (Å²) in [5, 5.41) is 5.35. The van der Waals surface area contributed by atoms with Gasteiger partial charge in [-0.15, -0.1) is 5.10 Å². The summed E-state index contributed by atoms with van der Waals surface area (Å²) in [6, 6.07) is 0. The minimum atomic E-state index is -4.79. The molecule has 0 saturated carbocycles. The predicted molar refractivity (Wildman–Crippen MR) is 95.9 cm³/mol. The standard InChI is InChI=1S/C17H12F5N9O/c1-7(32)30-3-8-4-31-11(9-2-23-6-24-9)10(13-27-14(29-28-13)17(20,21)22)25-15(31)26-12(8)16(18,19)5-30/h2,4,6H,3,5H2,1H3,(H,23,24)(H,27,28,29). The molecule has 0 aromatic carbocycles. The number of hydrogen-bond donors (Lipinski definition) is 2. The van der Waals surface area contributed by atoms with E-state index in [1.54, 1.807) is 0 Å². The van der Waals surface area contributed by atoms with E-state index >= 15 is 0 Å². The number of alkyl halides is 5. The number of halogens is 5. The summed E-state index contributed by atoms with van der Waals surface area (Å²) in [6.45, 7) is 0.233. The molecule has 166 valence electrons. The number of fused-ring (bicyclic) bond motifs is 2. The lowest BCUT2D eigenvalue weighted by molar-refractivity contribution is -0.144. The van der Waals surface area contributed by atoms with Gasteiger partial charge in [-0.05, 0) is 0 Å². The van der Waals surface area contributed by atoms with Crippen LogP contribution in [-0.2, 0) is 23.4 Å². The molecule has 4 aromatic rings. The molecule has 1 aliphatic rings. The molecule has 5 rings (SSSR count). The molecular formula is C17H12F5N9O. The van der Waals surface area contributed by atoms with Gasteiger partial charge >= 0.3 is 12.1 Å². The zero-order chi connectivity index (χ0) is 22.8. The molecule has 0 saturated heterocycles. The molecule has 15 heteroatoms. The summed E-state index contributed by atoms with van der Waals surface area (Å²) in [4.78, 5) is 31.0. The Bertz CT molecular complexity index is 1340. The molecule has 0 fully saturated rings. The maximum absolute atomic E-state index is 14.7. The first-order valence-electron chi connectivity index (χ1n) is 9.09. The second-order valence-electron chi connectivity index (χ2n) is 7.14. The van der Waals surface area contributed by atoms with Gasteiger partial charge in [0.25, 0.3) is 5.82 Å². The van der Waals surface area contributed by atoms with Crippen LogP contribution in [0.1, 0.15) is 24.0 Å². The van der Waals surface area contributed by atoms with Gasteiger partial charge in [-0.25, -0.2) is 19.9 Å². The number of nitrogens with one attached hydrogen (secondary N) is 2. The van der Waals surface area contributed by atoms with E-state index in [1.165, 1.54) is 30.0 Å². The summed E-state index contributed by atoms with van der Waals surface area (Å²) in [5.74, 6) is -5.89. The fourth-order valence-electron chi connectivity index (χ4n) is 3.54. The molecule has 4 aromatic heterocycles. The van der Waals surface area contributed by atoms with Crippen molar-refractivity contribution in [1.29, 1.82) is 0 Å². The molecule has 0 radical (unpaired) electrons. The minimum Gasteiger partial charge on any atom is -0.343 e. The first kappa shape index (κ1) is 20.0. The number of amides is 1. The lowest BCUT2D eigenvalue weighted by Gasteiger charge is -2.32. The van der Waals surface area contributed by atoms with E-state index in [0.717, 1.165) is 4.90 Å². The average molecular weight is 453 g/mol. The highest BCUT2D eigenvalue weighted by Crippen LogP contribution is 2.38. The Kier molecular flexibility index (Phi) is 4.09. The lowest BCUT2D eigenvalue weighted by Crippen LogP contribution is -2.43. The topological polar surface area (TPSA) is 121 Å². The number of carbonyl (C=O) groups excluding carboxylic acids is 1. The molecule has 0 bridgehead atoms. The lowest BCUT2D eigenvalue weighted by atomic mass is 10.0. The van der Waals surface area contributed by atoms with Crippen molar-refractivity contribution in [2.75, 3.05) is 6.54 Å². The maximum atomic E-state index is 14.7. The number of rotatable bonds is 2. The molecule has 0 spiro atoms. The monoisotopic (exact) mass is 453 g/mol. The Labute approximate surface area is 174 Å². The van der Waals surface area contributed by atoms with Crippen LogP contribution in [0.15, 0.2) is 18.7 Å². The van der Waals surface area contributed by atoms with Gasteiger partial charge < -0.3 is 9.88 Å². The Balaban J connectivity index is 1.75. The van der Waals surface area contributed by atoms with Gasteiger partial charge in [0.1, 0.15) is 17.1 Å². The van der Waals surface area contributed by atoms with Crippen molar-refractivity contribution in [2.24, 2.45) is 0 Å². The number of H-pyrrole nitrogens is 2. The molecule has 32 heavy (non-hydrogen) atoms. The van der Waals surface area contributed by atoms with Crippen molar-refractivity contribution in [3.8, 4) is 22.9 Å². The third-order valence-electron chi connectivity index (χ3n) is 4.95. The zero-order valence-electron chi connectivity index (χ0n) is 16.1. The van der Waals surface area contributed by atoms with Crippen LogP contribution in [0.25, 0.3) is 28.7 Å². The van der Waals surface area contributed by atoms with Crippen molar-refractivity contribution < 1.29 is 26.7 Å². The van der Waals surface area contributed by atoms with Crippen LogP contribution in [0.4, 0.5) is 22.0 Å². The fraction of sp³-hybridized carbons (Fsp3) is 0.294. The highest BCUT2D eigenvalue weighted by Gasteiger charge is 2.44. The molecule has 0 aliphatic carbocycles. The largest absolute Gasteiger partial charge is 0.453 e. The first-order chi connectivity index (χ1) is 15.0. The van der Waals surface area contributed by atoms with Gasteiger partial charge in [-0.3, -0.25) is 14.3 Å². The number of aromatic nitrogens is 8. The van der Waals surface area contributed by atoms with Crippen LogP contribution < -0.4 is 0 Å². The second-order valence-corrected chi connectivity index (χ2v) is 7.14. The van der Waals surface area contributed by atoms with Gasteiger partial charge in [-0.1, -0.05) is 0 Å². The van der Waals surface area contributed by atoms with Crippen molar-refractivity contribution in [3.63, 3.8) is 0 Å². The number of nitrogens with zero attached hydrogens (tertiary/aromatic N) is 7. The molecule has 1 amide bonds. The molecule has 0 unspecified atom stereocenters. The second kappa shape index (κ2) is 6.54. The Morgan fingerprint density at radius 1 is 1.22 bits per heavy atom. The van der Waals surface area contributed by atoms with Crippen LogP contribution in [0.5, 0.6) is 0 Å². The number of hydrogen-bond acceptors (Lipinski definition) is 6. The van der Waals surface area contributed by atoms with E-state index < -0.39 is 36.1 Å². The van der Waals surface area contributed by atoms with E-state index in [4.69, 9.17) is 0 Å².